The van der Waals surface area contributed by atoms with Crippen LogP contribution in [0.5, 0.6) is 0 Å². The van der Waals surface area contributed by atoms with Gasteiger partial charge >= 0.3 is 0 Å². The number of carbonyl (C=O) groups is 2. The molecule has 1 aromatic rings. The predicted molar refractivity (Wildman–Crippen MR) is 85.6 cm³/mol. The van der Waals surface area contributed by atoms with Crippen LogP contribution in [0.4, 0.5) is 0 Å². The van der Waals surface area contributed by atoms with Crippen LogP contribution in [0.1, 0.15) is 47.4 Å². The van der Waals surface area contributed by atoms with Crippen molar-refractivity contribution < 1.29 is 18.0 Å². The standard InChI is InChI=1S/C15H21N3O4S/c1-4-15(5-2,9-16)17-23(21,22)10-6-7-11-12(8-10)14(20)18(3)13(11)19/h6-8,17H,4-5,9,16H2,1-3H3. The Hall–Kier alpha value is -1.77. The number of nitrogens with one attached hydrogen (secondary N) is 1. The van der Waals surface area contributed by atoms with Gasteiger partial charge in [-0.3, -0.25) is 14.5 Å². The number of hydrogen-bond donors (Lipinski definition) is 2. The highest BCUT2D eigenvalue weighted by Crippen LogP contribution is 2.26. The van der Waals surface area contributed by atoms with Gasteiger partial charge in [0.05, 0.1) is 16.0 Å². The first-order chi connectivity index (χ1) is 10.7. The van der Waals surface area contributed by atoms with E-state index in [1.807, 2.05) is 13.8 Å². The van der Waals surface area contributed by atoms with Crippen LogP contribution >= 0.6 is 0 Å². The van der Waals surface area contributed by atoms with Gasteiger partial charge in [0.2, 0.25) is 10.0 Å². The number of carbonyl (C=O) groups excluding carboxylic acids is 2. The van der Waals surface area contributed by atoms with Crippen molar-refractivity contribution in [3.63, 3.8) is 0 Å². The van der Waals surface area contributed by atoms with E-state index in [1.54, 1.807) is 0 Å². The summed E-state index contributed by atoms with van der Waals surface area (Å²) < 4.78 is 27.9. The summed E-state index contributed by atoms with van der Waals surface area (Å²) in [5.41, 5.74) is 5.32. The summed E-state index contributed by atoms with van der Waals surface area (Å²) in [6.07, 6.45) is 1.09. The van der Waals surface area contributed by atoms with E-state index in [9.17, 15) is 18.0 Å². The minimum absolute atomic E-state index is 0.0487. The number of imide groups is 1. The van der Waals surface area contributed by atoms with Gasteiger partial charge in [0.25, 0.3) is 11.8 Å². The third-order valence-corrected chi connectivity index (χ3v) is 6.04. The van der Waals surface area contributed by atoms with Gasteiger partial charge in [-0.15, -0.1) is 0 Å². The van der Waals surface area contributed by atoms with Crippen LogP contribution in [0.2, 0.25) is 0 Å². The Morgan fingerprint density at radius 1 is 1.13 bits per heavy atom. The molecule has 0 saturated heterocycles. The molecular weight excluding hydrogens is 318 g/mol. The Kier molecular flexibility index (Phi) is 4.61. The van der Waals surface area contributed by atoms with E-state index in [0.29, 0.717) is 12.8 Å². The van der Waals surface area contributed by atoms with Crippen molar-refractivity contribution in [1.82, 2.24) is 9.62 Å². The Balaban J connectivity index is 2.44. The van der Waals surface area contributed by atoms with Crippen LogP contribution in [0.25, 0.3) is 0 Å². The summed E-state index contributed by atoms with van der Waals surface area (Å²) in [6.45, 7) is 3.89. The lowest BCUT2D eigenvalue weighted by atomic mass is 9.95. The van der Waals surface area contributed by atoms with E-state index in [0.717, 1.165) is 4.90 Å². The molecule has 2 rings (SSSR count). The number of nitrogens with zero attached hydrogens (tertiary/aromatic N) is 1. The zero-order chi connectivity index (χ0) is 17.4. The molecule has 0 radical (unpaired) electrons. The summed E-state index contributed by atoms with van der Waals surface area (Å²) in [5, 5.41) is 0. The zero-order valence-electron chi connectivity index (χ0n) is 13.4. The normalized spacial score (nSPS) is 15.2. The van der Waals surface area contributed by atoms with Crippen molar-refractivity contribution in [2.45, 2.75) is 37.1 Å². The highest BCUT2D eigenvalue weighted by atomic mass is 32.2. The highest BCUT2D eigenvalue weighted by molar-refractivity contribution is 7.89. The molecule has 3 N–H and O–H groups in total. The zero-order valence-corrected chi connectivity index (χ0v) is 14.2. The fourth-order valence-electron chi connectivity index (χ4n) is 2.58. The lowest BCUT2D eigenvalue weighted by molar-refractivity contribution is 0.0693. The van der Waals surface area contributed by atoms with Gasteiger partial charge in [-0.05, 0) is 31.0 Å². The molecule has 0 fully saturated rings. The molecule has 0 bridgehead atoms. The maximum absolute atomic E-state index is 12.6. The Morgan fingerprint density at radius 3 is 2.22 bits per heavy atom. The monoisotopic (exact) mass is 339 g/mol. The van der Waals surface area contributed by atoms with Crippen molar-refractivity contribution >= 4 is 21.8 Å². The van der Waals surface area contributed by atoms with Gasteiger partial charge in [0.1, 0.15) is 0 Å². The number of amides is 2. The Bertz CT molecular complexity index is 746. The molecule has 0 atom stereocenters. The first-order valence-corrected chi connectivity index (χ1v) is 8.90. The molecule has 8 heteroatoms. The first-order valence-electron chi connectivity index (χ1n) is 7.42. The second-order valence-electron chi connectivity index (χ2n) is 5.67. The molecule has 2 amide bonds. The molecule has 0 saturated carbocycles. The summed E-state index contributed by atoms with van der Waals surface area (Å²) in [6, 6.07) is 3.95. The minimum Gasteiger partial charge on any atom is -0.329 e. The molecule has 0 spiro atoms. The summed E-state index contributed by atoms with van der Waals surface area (Å²) in [5.74, 6) is -0.932. The molecule has 126 valence electrons. The first kappa shape index (κ1) is 17.6. The van der Waals surface area contributed by atoms with Gasteiger partial charge in [0.15, 0.2) is 0 Å². The van der Waals surface area contributed by atoms with Crippen molar-refractivity contribution in [2.24, 2.45) is 5.73 Å². The highest BCUT2D eigenvalue weighted by Gasteiger charge is 2.35. The minimum atomic E-state index is -3.85. The second kappa shape index (κ2) is 6.03. The second-order valence-corrected chi connectivity index (χ2v) is 7.36. The molecule has 0 aliphatic carbocycles. The van der Waals surface area contributed by atoms with Crippen molar-refractivity contribution in [2.75, 3.05) is 13.6 Å². The average Bonchev–Trinajstić information content (AvgIpc) is 2.77. The molecule has 1 aliphatic rings. The number of nitrogens with two attached hydrogens (primary N) is 1. The summed E-state index contributed by atoms with van der Waals surface area (Å²) in [4.78, 5) is 24.8. The van der Waals surface area contributed by atoms with Gasteiger partial charge in [0, 0.05) is 19.1 Å². The Morgan fingerprint density at radius 2 is 1.70 bits per heavy atom. The number of hydrogen-bond acceptors (Lipinski definition) is 5. The number of rotatable bonds is 6. The third-order valence-electron chi connectivity index (χ3n) is 4.47. The van der Waals surface area contributed by atoms with Crippen LogP contribution in [0.3, 0.4) is 0 Å². The van der Waals surface area contributed by atoms with Crippen molar-refractivity contribution in [3.8, 4) is 0 Å². The largest absolute Gasteiger partial charge is 0.329 e. The molecular formula is C15H21N3O4S. The third kappa shape index (κ3) is 2.89. The topological polar surface area (TPSA) is 110 Å². The van der Waals surface area contributed by atoms with E-state index in [4.69, 9.17) is 5.73 Å². The summed E-state index contributed by atoms with van der Waals surface area (Å²) >= 11 is 0. The number of benzene rings is 1. The summed E-state index contributed by atoms with van der Waals surface area (Å²) in [7, 11) is -2.48. The molecule has 0 unspecified atom stereocenters. The quantitative estimate of drug-likeness (QED) is 0.742. The van der Waals surface area contributed by atoms with Crippen molar-refractivity contribution in [1.29, 1.82) is 0 Å². The molecule has 1 aromatic carbocycles. The maximum Gasteiger partial charge on any atom is 0.261 e. The number of sulfonamides is 1. The van der Waals surface area contributed by atoms with E-state index in [-0.39, 0.29) is 22.6 Å². The van der Waals surface area contributed by atoms with Gasteiger partial charge in [-0.2, -0.15) is 0 Å². The average molecular weight is 339 g/mol. The molecule has 23 heavy (non-hydrogen) atoms. The fourth-order valence-corrected chi connectivity index (χ4v) is 4.16. The molecule has 1 aliphatic heterocycles. The lowest BCUT2D eigenvalue weighted by Gasteiger charge is -2.31. The van der Waals surface area contributed by atoms with Crippen LogP contribution < -0.4 is 10.5 Å². The van der Waals surface area contributed by atoms with Crippen LogP contribution in [-0.2, 0) is 10.0 Å². The van der Waals surface area contributed by atoms with Gasteiger partial charge < -0.3 is 5.73 Å². The predicted octanol–water partition coefficient (Wildman–Crippen LogP) is 0.708. The Labute approximate surface area is 135 Å². The molecule has 0 aromatic heterocycles. The smallest absolute Gasteiger partial charge is 0.261 e. The van der Waals surface area contributed by atoms with E-state index < -0.39 is 27.4 Å². The van der Waals surface area contributed by atoms with E-state index in [1.165, 1.54) is 25.2 Å². The lowest BCUT2D eigenvalue weighted by Crippen LogP contribution is -2.52. The van der Waals surface area contributed by atoms with Crippen LogP contribution in [0, 0.1) is 0 Å². The SMILES string of the molecule is CCC(CC)(CN)NS(=O)(=O)c1ccc2c(c1)C(=O)N(C)C2=O. The molecule has 7 nitrogen and oxygen atoms in total. The van der Waals surface area contributed by atoms with Crippen LogP contribution in [-0.4, -0.2) is 44.3 Å². The van der Waals surface area contributed by atoms with Crippen LogP contribution in [0.15, 0.2) is 23.1 Å². The molecule has 1 heterocycles. The number of fused-ring (bicyclic) bond motifs is 1. The fraction of sp³-hybridized carbons (Fsp3) is 0.467. The van der Waals surface area contributed by atoms with Gasteiger partial charge in [-0.25, -0.2) is 13.1 Å². The van der Waals surface area contributed by atoms with E-state index >= 15 is 0 Å². The van der Waals surface area contributed by atoms with E-state index in [2.05, 4.69) is 4.72 Å². The van der Waals surface area contributed by atoms with Crippen molar-refractivity contribution in [3.05, 3.63) is 29.3 Å². The maximum atomic E-state index is 12.6. The van der Waals surface area contributed by atoms with Gasteiger partial charge in [-0.1, -0.05) is 13.8 Å².